The highest BCUT2D eigenvalue weighted by molar-refractivity contribution is 6.35. The monoisotopic (exact) mass is 327 g/mol. The topological polar surface area (TPSA) is 38.3 Å². The largest absolute Gasteiger partial charge is 0.482 e. The van der Waals surface area contributed by atoms with E-state index in [-0.39, 0.29) is 12.3 Å². The summed E-state index contributed by atoms with van der Waals surface area (Å²) in [6.45, 7) is 1.48. The van der Waals surface area contributed by atoms with Crippen molar-refractivity contribution in [3.05, 3.63) is 57.8 Å². The predicted octanol–water partition coefficient (Wildman–Crippen LogP) is 4.46. The van der Waals surface area contributed by atoms with Gasteiger partial charge in [-0.25, -0.2) is 4.39 Å². The molecule has 0 unspecified atom stereocenters. The maximum absolute atomic E-state index is 13.4. The Kier molecular flexibility index (Phi) is 5.04. The van der Waals surface area contributed by atoms with Crippen LogP contribution in [0, 0.1) is 12.7 Å². The fraction of sp³-hybridized carbons (Fsp3) is 0.133. The van der Waals surface area contributed by atoms with E-state index in [1.807, 2.05) is 0 Å². The predicted molar refractivity (Wildman–Crippen MR) is 81.7 cm³/mol. The Hall–Kier alpha value is -1.78. The van der Waals surface area contributed by atoms with Crippen molar-refractivity contribution in [2.24, 2.45) is 0 Å². The molecule has 0 radical (unpaired) electrons. The lowest BCUT2D eigenvalue weighted by Crippen LogP contribution is -2.21. The van der Waals surface area contributed by atoms with Crippen LogP contribution in [0.3, 0.4) is 0 Å². The molecule has 0 fully saturated rings. The summed E-state index contributed by atoms with van der Waals surface area (Å²) in [5.41, 5.74) is 0.816. The number of anilines is 1. The number of nitrogens with one attached hydrogen (secondary N) is 1. The first-order valence-corrected chi connectivity index (χ1v) is 6.86. The van der Waals surface area contributed by atoms with E-state index in [9.17, 15) is 9.18 Å². The summed E-state index contributed by atoms with van der Waals surface area (Å²) in [6, 6.07) is 9.10. The number of para-hydroxylation sites is 1. The van der Waals surface area contributed by atoms with Gasteiger partial charge in [0.2, 0.25) is 0 Å². The van der Waals surface area contributed by atoms with Crippen LogP contribution in [0.15, 0.2) is 36.4 Å². The quantitative estimate of drug-likeness (QED) is 0.900. The molecule has 0 saturated heterocycles. The minimum absolute atomic E-state index is 0.102. The number of hydrogen-bond acceptors (Lipinski definition) is 2. The summed E-state index contributed by atoms with van der Waals surface area (Å²) in [6.07, 6.45) is 0. The molecular weight excluding hydrogens is 316 g/mol. The summed E-state index contributed by atoms with van der Waals surface area (Å²) in [5, 5.41) is 3.23. The molecule has 0 atom stereocenters. The third kappa shape index (κ3) is 4.09. The van der Waals surface area contributed by atoms with Crippen LogP contribution in [-0.4, -0.2) is 12.5 Å². The van der Waals surface area contributed by atoms with E-state index in [0.29, 0.717) is 21.4 Å². The lowest BCUT2D eigenvalue weighted by molar-refractivity contribution is -0.118. The minimum Gasteiger partial charge on any atom is -0.482 e. The summed E-state index contributed by atoms with van der Waals surface area (Å²) < 4.78 is 18.8. The normalized spacial score (nSPS) is 10.3. The molecule has 0 aromatic heterocycles. The van der Waals surface area contributed by atoms with Gasteiger partial charge in [0.25, 0.3) is 5.91 Å². The number of ether oxygens (including phenoxy) is 1. The molecule has 1 N–H and O–H groups in total. The van der Waals surface area contributed by atoms with Gasteiger partial charge >= 0.3 is 0 Å². The molecule has 0 aliphatic carbocycles. The Morgan fingerprint density at radius 2 is 2.00 bits per heavy atom. The number of carbonyl (C=O) groups excluding carboxylic acids is 1. The highest BCUT2D eigenvalue weighted by Crippen LogP contribution is 2.31. The van der Waals surface area contributed by atoms with E-state index in [0.717, 1.165) is 0 Å². The van der Waals surface area contributed by atoms with Crippen molar-refractivity contribution >= 4 is 34.8 Å². The second-order valence-electron chi connectivity index (χ2n) is 4.35. The van der Waals surface area contributed by atoms with Crippen LogP contribution in [0.2, 0.25) is 10.0 Å². The molecule has 1 amide bonds. The van der Waals surface area contributed by atoms with Crippen molar-refractivity contribution in [1.82, 2.24) is 0 Å². The molecular formula is C15H12Cl2FNO2. The van der Waals surface area contributed by atoms with Gasteiger partial charge in [-0.05, 0) is 36.8 Å². The highest BCUT2D eigenvalue weighted by Gasteiger charge is 2.11. The molecule has 0 saturated carbocycles. The SMILES string of the molecule is Cc1cc(Cl)cc(Cl)c1OCC(=O)Nc1ccccc1F. The molecule has 3 nitrogen and oxygen atoms in total. The zero-order valence-corrected chi connectivity index (χ0v) is 12.6. The maximum Gasteiger partial charge on any atom is 0.262 e. The highest BCUT2D eigenvalue weighted by atomic mass is 35.5. The summed E-state index contributed by atoms with van der Waals surface area (Å²) in [7, 11) is 0. The molecule has 2 aromatic carbocycles. The van der Waals surface area contributed by atoms with E-state index in [1.54, 1.807) is 25.1 Å². The van der Waals surface area contributed by atoms with Gasteiger partial charge < -0.3 is 10.1 Å². The summed E-state index contributed by atoms with van der Waals surface area (Å²) in [5.74, 6) is -0.609. The number of amides is 1. The Balaban J connectivity index is 2.01. The van der Waals surface area contributed by atoms with Gasteiger partial charge in [-0.15, -0.1) is 0 Å². The van der Waals surface area contributed by atoms with Gasteiger partial charge in [-0.3, -0.25) is 4.79 Å². The first kappa shape index (κ1) is 15.6. The number of hydrogen-bond donors (Lipinski definition) is 1. The van der Waals surface area contributed by atoms with E-state index in [4.69, 9.17) is 27.9 Å². The van der Waals surface area contributed by atoms with Gasteiger partial charge in [0.1, 0.15) is 11.6 Å². The van der Waals surface area contributed by atoms with Gasteiger partial charge in [-0.2, -0.15) is 0 Å². The van der Waals surface area contributed by atoms with Crippen LogP contribution in [0.25, 0.3) is 0 Å². The maximum atomic E-state index is 13.4. The molecule has 110 valence electrons. The Bertz CT molecular complexity index is 653. The van der Waals surface area contributed by atoms with Crippen molar-refractivity contribution in [3.63, 3.8) is 0 Å². The van der Waals surface area contributed by atoms with Crippen LogP contribution in [0.1, 0.15) is 5.56 Å². The van der Waals surface area contributed by atoms with Gasteiger partial charge in [0.05, 0.1) is 10.7 Å². The zero-order valence-electron chi connectivity index (χ0n) is 11.1. The molecule has 0 heterocycles. The van der Waals surface area contributed by atoms with Gasteiger partial charge in [0.15, 0.2) is 6.61 Å². The standard InChI is InChI=1S/C15H12Cl2FNO2/c1-9-6-10(16)7-11(17)15(9)21-8-14(20)19-13-5-3-2-4-12(13)18/h2-7H,8H2,1H3,(H,19,20). The van der Waals surface area contributed by atoms with Crippen LogP contribution >= 0.6 is 23.2 Å². The number of halogens is 3. The Labute approximate surface area is 131 Å². The molecule has 21 heavy (non-hydrogen) atoms. The second-order valence-corrected chi connectivity index (χ2v) is 5.19. The molecule has 0 spiro atoms. The van der Waals surface area contributed by atoms with E-state index >= 15 is 0 Å². The Morgan fingerprint density at radius 1 is 1.29 bits per heavy atom. The van der Waals surface area contributed by atoms with Crippen LogP contribution < -0.4 is 10.1 Å². The van der Waals surface area contributed by atoms with Crippen LogP contribution in [-0.2, 0) is 4.79 Å². The average Bonchev–Trinajstić information content (AvgIpc) is 2.40. The van der Waals surface area contributed by atoms with Crippen molar-refractivity contribution in [1.29, 1.82) is 0 Å². The summed E-state index contributed by atoms with van der Waals surface area (Å²) in [4.78, 5) is 11.8. The van der Waals surface area contributed by atoms with Crippen molar-refractivity contribution < 1.29 is 13.9 Å². The number of aryl methyl sites for hydroxylation is 1. The van der Waals surface area contributed by atoms with Crippen molar-refractivity contribution in [2.75, 3.05) is 11.9 Å². The zero-order chi connectivity index (χ0) is 15.4. The summed E-state index contributed by atoms with van der Waals surface area (Å²) >= 11 is 11.9. The smallest absolute Gasteiger partial charge is 0.262 e. The Morgan fingerprint density at radius 3 is 2.67 bits per heavy atom. The third-order valence-electron chi connectivity index (χ3n) is 2.69. The van der Waals surface area contributed by atoms with Crippen molar-refractivity contribution in [2.45, 2.75) is 6.92 Å². The minimum atomic E-state index is -0.508. The number of rotatable bonds is 4. The molecule has 0 bridgehead atoms. The molecule has 0 aliphatic heterocycles. The van der Waals surface area contributed by atoms with E-state index in [2.05, 4.69) is 5.32 Å². The van der Waals surface area contributed by atoms with E-state index < -0.39 is 11.7 Å². The van der Waals surface area contributed by atoms with Crippen LogP contribution in [0.4, 0.5) is 10.1 Å². The fourth-order valence-electron chi connectivity index (χ4n) is 1.76. The second kappa shape index (κ2) is 6.78. The first-order chi connectivity index (χ1) is 9.97. The van der Waals surface area contributed by atoms with Crippen LogP contribution in [0.5, 0.6) is 5.75 Å². The lowest BCUT2D eigenvalue weighted by Gasteiger charge is -2.12. The van der Waals surface area contributed by atoms with E-state index in [1.165, 1.54) is 18.2 Å². The number of carbonyl (C=O) groups is 1. The average molecular weight is 328 g/mol. The first-order valence-electron chi connectivity index (χ1n) is 6.10. The third-order valence-corrected chi connectivity index (χ3v) is 3.19. The molecule has 2 rings (SSSR count). The fourth-order valence-corrected chi connectivity index (χ4v) is 2.41. The van der Waals surface area contributed by atoms with Gasteiger partial charge in [-0.1, -0.05) is 35.3 Å². The molecule has 6 heteroatoms. The molecule has 2 aromatic rings. The van der Waals surface area contributed by atoms with Crippen molar-refractivity contribution in [3.8, 4) is 5.75 Å². The number of benzene rings is 2. The lowest BCUT2D eigenvalue weighted by atomic mass is 10.2. The van der Waals surface area contributed by atoms with Gasteiger partial charge in [0, 0.05) is 5.02 Å². The molecule has 0 aliphatic rings.